The molecule has 0 spiro atoms. The Labute approximate surface area is 125 Å². The van der Waals surface area contributed by atoms with Crippen LogP contribution in [0.25, 0.3) is 11.0 Å². The molecule has 1 unspecified atom stereocenters. The molecule has 21 heavy (non-hydrogen) atoms. The number of nitrogens with two attached hydrogens (primary N) is 1. The predicted molar refractivity (Wildman–Crippen MR) is 87.3 cm³/mol. The van der Waals surface area contributed by atoms with Crippen molar-refractivity contribution in [2.45, 2.75) is 32.7 Å². The van der Waals surface area contributed by atoms with E-state index >= 15 is 0 Å². The van der Waals surface area contributed by atoms with Gasteiger partial charge in [0.05, 0.1) is 11.0 Å². The lowest BCUT2D eigenvalue weighted by molar-refractivity contribution is 0.639. The van der Waals surface area contributed by atoms with Crippen LogP contribution in [0.1, 0.15) is 35.0 Å². The number of hydrogen-bond donors (Lipinski definition) is 2. The highest BCUT2D eigenvalue weighted by atomic mass is 14.9. The van der Waals surface area contributed by atoms with Crippen LogP contribution in [-0.2, 0) is 6.42 Å². The molecule has 1 heterocycles. The Balaban J connectivity index is 1.73. The molecule has 0 aliphatic carbocycles. The van der Waals surface area contributed by atoms with Crippen molar-refractivity contribution in [3.05, 3.63) is 65.0 Å². The van der Waals surface area contributed by atoms with Crippen LogP contribution in [0.2, 0.25) is 0 Å². The number of nitrogens with one attached hydrogen (secondary N) is 1. The van der Waals surface area contributed by atoms with Gasteiger partial charge >= 0.3 is 0 Å². The van der Waals surface area contributed by atoms with Crippen molar-refractivity contribution in [1.29, 1.82) is 0 Å². The number of imidazole rings is 1. The fraction of sp³-hybridized carbons (Fsp3) is 0.278. The Kier molecular flexibility index (Phi) is 3.76. The largest absolute Gasteiger partial charge is 0.342 e. The van der Waals surface area contributed by atoms with E-state index in [0.29, 0.717) is 0 Å². The van der Waals surface area contributed by atoms with Gasteiger partial charge in [-0.3, -0.25) is 0 Å². The molecule has 3 rings (SSSR count). The maximum Gasteiger partial charge on any atom is 0.107 e. The highest BCUT2D eigenvalue weighted by molar-refractivity contribution is 5.77. The zero-order valence-electron chi connectivity index (χ0n) is 12.6. The van der Waals surface area contributed by atoms with Gasteiger partial charge in [0.1, 0.15) is 5.82 Å². The zero-order valence-corrected chi connectivity index (χ0v) is 12.6. The quantitative estimate of drug-likeness (QED) is 0.763. The molecule has 0 amide bonds. The number of nitrogens with zero attached hydrogens (tertiary/aromatic N) is 1. The second-order valence-corrected chi connectivity index (χ2v) is 5.69. The van der Waals surface area contributed by atoms with E-state index in [1.165, 1.54) is 16.7 Å². The third-order valence-electron chi connectivity index (χ3n) is 4.07. The van der Waals surface area contributed by atoms with Gasteiger partial charge in [0.2, 0.25) is 0 Å². The summed E-state index contributed by atoms with van der Waals surface area (Å²) in [7, 11) is 0. The summed E-state index contributed by atoms with van der Waals surface area (Å²) in [5.41, 5.74) is 12.1. The van der Waals surface area contributed by atoms with Crippen molar-refractivity contribution in [3.8, 4) is 0 Å². The van der Waals surface area contributed by atoms with Crippen molar-refractivity contribution in [2.24, 2.45) is 5.73 Å². The van der Waals surface area contributed by atoms with Gasteiger partial charge in [-0.25, -0.2) is 4.98 Å². The van der Waals surface area contributed by atoms with Crippen LogP contribution in [0.5, 0.6) is 0 Å². The minimum atomic E-state index is 0.0582. The van der Waals surface area contributed by atoms with Gasteiger partial charge in [-0.05, 0) is 49.1 Å². The van der Waals surface area contributed by atoms with E-state index in [-0.39, 0.29) is 6.04 Å². The Morgan fingerprint density at radius 1 is 1.10 bits per heavy atom. The number of fused-ring (bicyclic) bond motifs is 1. The van der Waals surface area contributed by atoms with Crippen LogP contribution in [0.15, 0.2) is 42.5 Å². The molecule has 0 fully saturated rings. The molecule has 0 saturated heterocycles. The molecule has 0 radical (unpaired) electrons. The molecule has 2 aromatic carbocycles. The summed E-state index contributed by atoms with van der Waals surface area (Å²) in [6, 6.07) is 14.6. The first-order valence-electron chi connectivity index (χ1n) is 7.40. The van der Waals surface area contributed by atoms with Gasteiger partial charge in [0.15, 0.2) is 0 Å². The number of hydrogen-bond acceptors (Lipinski definition) is 2. The SMILES string of the molecule is Cc1cc2nc(CCC(N)c3ccccc3)[nH]c2cc1C. The molecule has 1 aromatic heterocycles. The fourth-order valence-corrected chi connectivity index (χ4v) is 2.60. The highest BCUT2D eigenvalue weighted by Gasteiger charge is 2.09. The van der Waals surface area contributed by atoms with E-state index in [4.69, 9.17) is 5.73 Å². The standard InChI is InChI=1S/C18H21N3/c1-12-10-16-17(11-13(12)2)21-18(20-16)9-8-15(19)14-6-4-3-5-7-14/h3-7,10-11,15H,8-9,19H2,1-2H3,(H,20,21). The van der Waals surface area contributed by atoms with E-state index in [0.717, 1.165) is 29.7 Å². The number of H-pyrrole nitrogens is 1. The van der Waals surface area contributed by atoms with Gasteiger partial charge in [0.25, 0.3) is 0 Å². The van der Waals surface area contributed by atoms with Gasteiger partial charge < -0.3 is 10.7 Å². The third-order valence-corrected chi connectivity index (χ3v) is 4.07. The lowest BCUT2D eigenvalue weighted by Crippen LogP contribution is -2.11. The normalized spacial score (nSPS) is 12.7. The van der Waals surface area contributed by atoms with Crippen molar-refractivity contribution in [2.75, 3.05) is 0 Å². The predicted octanol–water partition coefficient (Wildman–Crippen LogP) is 3.81. The molecule has 3 aromatic rings. The summed E-state index contributed by atoms with van der Waals surface area (Å²) >= 11 is 0. The third kappa shape index (κ3) is 2.98. The summed E-state index contributed by atoms with van der Waals surface area (Å²) in [4.78, 5) is 8.07. The van der Waals surface area contributed by atoms with E-state index in [1.807, 2.05) is 18.2 Å². The number of aromatic amines is 1. The van der Waals surface area contributed by atoms with E-state index in [2.05, 4.69) is 48.1 Å². The van der Waals surface area contributed by atoms with Crippen molar-refractivity contribution in [1.82, 2.24) is 9.97 Å². The summed E-state index contributed by atoms with van der Waals surface area (Å²) in [6.45, 7) is 4.25. The Morgan fingerprint density at radius 2 is 1.81 bits per heavy atom. The molecule has 3 heteroatoms. The van der Waals surface area contributed by atoms with E-state index in [9.17, 15) is 0 Å². The van der Waals surface area contributed by atoms with Crippen LogP contribution in [0, 0.1) is 13.8 Å². The second-order valence-electron chi connectivity index (χ2n) is 5.69. The monoisotopic (exact) mass is 279 g/mol. The fourth-order valence-electron chi connectivity index (χ4n) is 2.60. The van der Waals surface area contributed by atoms with Crippen LogP contribution in [0.3, 0.4) is 0 Å². The molecule has 3 nitrogen and oxygen atoms in total. The minimum absolute atomic E-state index is 0.0582. The summed E-state index contributed by atoms with van der Waals surface area (Å²) < 4.78 is 0. The number of aryl methyl sites for hydroxylation is 3. The lowest BCUT2D eigenvalue weighted by atomic mass is 10.0. The van der Waals surface area contributed by atoms with E-state index in [1.54, 1.807) is 0 Å². The molecule has 0 aliphatic rings. The number of benzene rings is 2. The maximum absolute atomic E-state index is 6.24. The smallest absolute Gasteiger partial charge is 0.107 e. The maximum atomic E-state index is 6.24. The van der Waals surface area contributed by atoms with Crippen LogP contribution in [0.4, 0.5) is 0 Å². The summed E-state index contributed by atoms with van der Waals surface area (Å²) in [6.07, 6.45) is 1.75. The van der Waals surface area contributed by atoms with E-state index < -0.39 is 0 Å². The van der Waals surface area contributed by atoms with Crippen molar-refractivity contribution in [3.63, 3.8) is 0 Å². The molecule has 3 N–H and O–H groups in total. The van der Waals surface area contributed by atoms with Gasteiger partial charge in [-0.1, -0.05) is 30.3 Å². The molecule has 0 bridgehead atoms. The van der Waals surface area contributed by atoms with Crippen LogP contribution < -0.4 is 5.73 Å². The molecule has 0 aliphatic heterocycles. The van der Waals surface area contributed by atoms with Crippen molar-refractivity contribution >= 4 is 11.0 Å². The average molecular weight is 279 g/mol. The summed E-state index contributed by atoms with van der Waals surface area (Å²) in [5.74, 6) is 1.02. The Hall–Kier alpha value is -2.13. The van der Waals surface area contributed by atoms with Gasteiger partial charge in [-0.15, -0.1) is 0 Å². The first-order chi connectivity index (χ1) is 10.1. The van der Waals surface area contributed by atoms with Gasteiger partial charge in [-0.2, -0.15) is 0 Å². The Morgan fingerprint density at radius 3 is 2.57 bits per heavy atom. The van der Waals surface area contributed by atoms with Gasteiger partial charge in [0, 0.05) is 12.5 Å². The minimum Gasteiger partial charge on any atom is -0.342 e. The topological polar surface area (TPSA) is 54.7 Å². The molecular formula is C18H21N3. The second kappa shape index (κ2) is 5.70. The molecule has 108 valence electrons. The molecule has 1 atom stereocenters. The first-order valence-corrected chi connectivity index (χ1v) is 7.40. The Bertz CT molecular complexity index is 705. The first kappa shape index (κ1) is 13.8. The van der Waals surface area contributed by atoms with Crippen molar-refractivity contribution < 1.29 is 0 Å². The van der Waals surface area contributed by atoms with Crippen LogP contribution in [-0.4, -0.2) is 9.97 Å². The zero-order chi connectivity index (χ0) is 14.8. The average Bonchev–Trinajstić information content (AvgIpc) is 2.88. The summed E-state index contributed by atoms with van der Waals surface area (Å²) in [5, 5.41) is 0. The molecule has 0 saturated carbocycles. The lowest BCUT2D eigenvalue weighted by Gasteiger charge is -2.10. The number of rotatable bonds is 4. The molecular weight excluding hydrogens is 258 g/mol. The number of aromatic nitrogens is 2. The highest BCUT2D eigenvalue weighted by Crippen LogP contribution is 2.20. The van der Waals surface area contributed by atoms with Crippen LogP contribution >= 0.6 is 0 Å².